The van der Waals surface area contributed by atoms with Gasteiger partial charge in [0.25, 0.3) is 0 Å². The van der Waals surface area contributed by atoms with E-state index in [1.54, 1.807) is 7.11 Å². The van der Waals surface area contributed by atoms with Crippen molar-refractivity contribution in [1.82, 2.24) is 9.36 Å². The zero-order chi connectivity index (χ0) is 13.8. The first kappa shape index (κ1) is 13.8. The summed E-state index contributed by atoms with van der Waals surface area (Å²) in [4.78, 5) is 6.49. The Labute approximate surface area is 116 Å². The van der Waals surface area contributed by atoms with Crippen molar-refractivity contribution < 1.29 is 9.84 Å². The van der Waals surface area contributed by atoms with E-state index in [4.69, 9.17) is 4.74 Å². The van der Waals surface area contributed by atoms with E-state index >= 15 is 0 Å². The van der Waals surface area contributed by atoms with Crippen molar-refractivity contribution in [2.24, 2.45) is 0 Å². The minimum Gasteiger partial charge on any atom is -0.480 e. The highest BCUT2D eigenvalue weighted by Crippen LogP contribution is 2.22. The third-order valence-corrected chi connectivity index (χ3v) is 3.44. The van der Waals surface area contributed by atoms with Crippen LogP contribution in [0, 0.1) is 6.92 Å². The molecule has 0 unspecified atom stereocenters. The van der Waals surface area contributed by atoms with Crippen LogP contribution in [0.4, 0.5) is 5.82 Å². The molecule has 0 bridgehead atoms. The molecule has 2 heterocycles. The molecule has 0 amide bonds. The predicted molar refractivity (Wildman–Crippen MR) is 75.7 cm³/mol. The quantitative estimate of drug-likeness (QED) is 0.907. The highest BCUT2D eigenvalue weighted by atomic mass is 32.1. The van der Waals surface area contributed by atoms with Gasteiger partial charge in [-0.3, -0.25) is 0 Å². The maximum atomic E-state index is 9.23. The maximum Gasteiger partial charge on any atom is 0.229 e. The Kier molecular flexibility index (Phi) is 4.34. The summed E-state index contributed by atoms with van der Waals surface area (Å²) in [5.74, 6) is 1.49. The molecule has 102 valence electrons. The molecule has 0 saturated carbocycles. The van der Waals surface area contributed by atoms with Crippen molar-refractivity contribution in [3.63, 3.8) is 0 Å². The molecule has 2 aromatic rings. The first-order valence-electron chi connectivity index (χ1n) is 5.91. The average Bonchev–Trinajstić information content (AvgIpc) is 2.85. The van der Waals surface area contributed by atoms with E-state index < -0.39 is 0 Å². The number of aryl methyl sites for hydroxylation is 1. The zero-order valence-corrected chi connectivity index (χ0v) is 12.1. The van der Waals surface area contributed by atoms with Crippen LogP contribution in [0.5, 0.6) is 5.88 Å². The van der Waals surface area contributed by atoms with E-state index in [0.717, 1.165) is 22.6 Å². The molecule has 19 heavy (non-hydrogen) atoms. The summed E-state index contributed by atoms with van der Waals surface area (Å²) in [6.45, 7) is 2.61. The second-order valence-electron chi connectivity index (χ2n) is 4.34. The summed E-state index contributed by atoms with van der Waals surface area (Å²) in [7, 11) is 3.58. The molecule has 2 aromatic heterocycles. The lowest BCUT2D eigenvalue weighted by Gasteiger charge is -2.19. The molecule has 0 aliphatic carbocycles. The number of methoxy groups -OCH3 is 1. The Morgan fingerprint density at radius 1 is 1.42 bits per heavy atom. The molecule has 0 radical (unpaired) electrons. The van der Waals surface area contributed by atoms with Gasteiger partial charge in [-0.05, 0) is 36.2 Å². The fourth-order valence-electron chi connectivity index (χ4n) is 1.86. The molecule has 0 fully saturated rings. The lowest BCUT2D eigenvalue weighted by Crippen LogP contribution is -2.18. The molecule has 0 atom stereocenters. The Bertz CT molecular complexity index is 557. The highest BCUT2D eigenvalue weighted by molar-refractivity contribution is 7.03. The second-order valence-corrected chi connectivity index (χ2v) is 4.97. The van der Waals surface area contributed by atoms with Crippen LogP contribution < -0.4 is 9.64 Å². The molecule has 0 aliphatic heterocycles. The first-order chi connectivity index (χ1) is 9.13. The molecule has 6 heteroatoms. The molecule has 1 N–H and O–H groups in total. The summed E-state index contributed by atoms with van der Waals surface area (Å²) in [6.07, 6.45) is 0. The van der Waals surface area contributed by atoms with Crippen LogP contribution in [0.3, 0.4) is 0 Å². The fraction of sp³-hybridized carbons (Fsp3) is 0.385. The number of aromatic nitrogens is 2. The van der Waals surface area contributed by atoms with Gasteiger partial charge in [-0.1, -0.05) is 0 Å². The summed E-state index contributed by atoms with van der Waals surface area (Å²) in [6, 6.07) is 3.77. The Balaban J connectivity index is 2.20. The second kappa shape index (κ2) is 5.99. The maximum absolute atomic E-state index is 9.23. The zero-order valence-electron chi connectivity index (χ0n) is 11.3. The topological polar surface area (TPSA) is 58.5 Å². The predicted octanol–water partition coefficient (Wildman–Crippen LogP) is 1.98. The number of aliphatic hydroxyl groups excluding tert-OH is 1. The normalized spacial score (nSPS) is 10.5. The van der Waals surface area contributed by atoms with Gasteiger partial charge in [0, 0.05) is 23.7 Å². The van der Waals surface area contributed by atoms with Gasteiger partial charge in [0.2, 0.25) is 5.88 Å². The van der Waals surface area contributed by atoms with Crippen molar-refractivity contribution in [1.29, 1.82) is 0 Å². The fourth-order valence-corrected chi connectivity index (χ4v) is 2.51. The van der Waals surface area contributed by atoms with Gasteiger partial charge in [-0.2, -0.15) is 4.37 Å². The molecular formula is C13H17N3O2S. The smallest absolute Gasteiger partial charge is 0.229 e. The van der Waals surface area contributed by atoms with Gasteiger partial charge in [0.1, 0.15) is 5.82 Å². The van der Waals surface area contributed by atoms with E-state index in [1.807, 2.05) is 36.4 Å². The molecule has 2 rings (SSSR count). The minimum atomic E-state index is 0.0214. The van der Waals surface area contributed by atoms with Gasteiger partial charge < -0.3 is 14.7 Å². The summed E-state index contributed by atoms with van der Waals surface area (Å²) in [5, 5.41) is 11.2. The van der Waals surface area contributed by atoms with Crippen LogP contribution in [0.2, 0.25) is 0 Å². The van der Waals surface area contributed by atoms with E-state index in [-0.39, 0.29) is 6.61 Å². The van der Waals surface area contributed by atoms with Crippen LogP contribution >= 0.6 is 11.5 Å². The van der Waals surface area contributed by atoms with E-state index in [2.05, 4.69) is 9.36 Å². The number of anilines is 1. The van der Waals surface area contributed by atoms with E-state index in [0.29, 0.717) is 12.4 Å². The standard InChI is InChI=1S/C13H17N3O2S/c1-9-4-10(7-17)5-12(14-9)16(2)6-11-8-19-15-13(11)18-3/h4-5,8,17H,6-7H2,1-3H3. The molecular weight excluding hydrogens is 262 g/mol. The van der Waals surface area contributed by atoms with E-state index in [1.165, 1.54) is 11.5 Å². The van der Waals surface area contributed by atoms with E-state index in [9.17, 15) is 5.11 Å². The number of nitrogens with zero attached hydrogens (tertiary/aromatic N) is 3. The number of hydrogen-bond donors (Lipinski definition) is 1. The lowest BCUT2D eigenvalue weighted by molar-refractivity contribution is 0.281. The number of aliphatic hydroxyl groups is 1. The van der Waals surface area contributed by atoms with Crippen LogP contribution in [0.25, 0.3) is 0 Å². The lowest BCUT2D eigenvalue weighted by atomic mass is 10.2. The Morgan fingerprint density at radius 2 is 2.21 bits per heavy atom. The highest BCUT2D eigenvalue weighted by Gasteiger charge is 2.11. The van der Waals surface area contributed by atoms with Crippen molar-refractivity contribution in [3.8, 4) is 5.88 Å². The number of pyridine rings is 1. The summed E-state index contributed by atoms with van der Waals surface area (Å²) < 4.78 is 9.37. The summed E-state index contributed by atoms with van der Waals surface area (Å²) >= 11 is 1.38. The van der Waals surface area contributed by atoms with Gasteiger partial charge in [-0.15, -0.1) is 0 Å². The van der Waals surface area contributed by atoms with Crippen LogP contribution in [-0.4, -0.2) is 28.6 Å². The van der Waals surface area contributed by atoms with Crippen molar-refractivity contribution in [2.75, 3.05) is 19.1 Å². The van der Waals surface area contributed by atoms with Crippen molar-refractivity contribution >= 4 is 17.4 Å². The largest absolute Gasteiger partial charge is 0.480 e. The molecule has 5 nitrogen and oxygen atoms in total. The number of hydrogen-bond acceptors (Lipinski definition) is 6. The number of rotatable bonds is 5. The van der Waals surface area contributed by atoms with Crippen LogP contribution in [0.15, 0.2) is 17.5 Å². The first-order valence-corrected chi connectivity index (χ1v) is 6.74. The molecule has 0 aromatic carbocycles. The Morgan fingerprint density at radius 3 is 2.89 bits per heavy atom. The SMILES string of the molecule is COc1nscc1CN(C)c1cc(CO)cc(C)n1. The third-order valence-electron chi connectivity index (χ3n) is 2.78. The average molecular weight is 279 g/mol. The Hall–Kier alpha value is -1.66. The van der Waals surface area contributed by atoms with Gasteiger partial charge in [-0.25, -0.2) is 4.98 Å². The number of ether oxygens (including phenoxy) is 1. The third kappa shape index (κ3) is 3.21. The van der Waals surface area contributed by atoms with Gasteiger partial charge in [0.05, 0.1) is 20.3 Å². The molecule has 0 aliphatic rings. The molecule has 0 saturated heterocycles. The van der Waals surface area contributed by atoms with Crippen LogP contribution in [0.1, 0.15) is 16.8 Å². The van der Waals surface area contributed by atoms with Crippen LogP contribution in [-0.2, 0) is 13.2 Å². The monoisotopic (exact) mass is 279 g/mol. The van der Waals surface area contributed by atoms with Gasteiger partial charge >= 0.3 is 0 Å². The summed E-state index contributed by atoms with van der Waals surface area (Å²) in [5.41, 5.74) is 2.79. The van der Waals surface area contributed by atoms with Crippen molar-refractivity contribution in [3.05, 3.63) is 34.3 Å². The van der Waals surface area contributed by atoms with Crippen molar-refractivity contribution in [2.45, 2.75) is 20.1 Å². The van der Waals surface area contributed by atoms with Gasteiger partial charge in [0.15, 0.2) is 0 Å². The minimum absolute atomic E-state index is 0.0214. The molecule has 0 spiro atoms.